The molecule has 1 amide bonds. The van der Waals surface area contributed by atoms with E-state index in [0.717, 1.165) is 25.2 Å². The van der Waals surface area contributed by atoms with Crippen LogP contribution in [0.4, 0.5) is 0 Å². The maximum atomic E-state index is 12.8. The first-order valence-corrected chi connectivity index (χ1v) is 8.24. The summed E-state index contributed by atoms with van der Waals surface area (Å²) < 4.78 is 7.35. The molecule has 1 atom stereocenters. The number of carbonyl (C=O) groups is 1. The zero-order valence-corrected chi connectivity index (χ0v) is 14.2. The molecule has 0 bridgehead atoms. The number of nitrogens with zero attached hydrogens (tertiary/aromatic N) is 4. The molecule has 0 aromatic carbocycles. The lowest BCUT2D eigenvalue weighted by molar-refractivity contribution is 0.0700. The highest BCUT2D eigenvalue weighted by atomic mass is 16.5. The normalized spacial score (nSPS) is 18.7. The van der Waals surface area contributed by atoms with Crippen LogP contribution in [0.5, 0.6) is 0 Å². The molecule has 124 valence electrons. The van der Waals surface area contributed by atoms with Gasteiger partial charge in [-0.05, 0) is 40.5 Å². The summed E-state index contributed by atoms with van der Waals surface area (Å²) in [4.78, 5) is 19.3. The molecule has 0 unspecified atom stereocenters. The van der Waals surface area contributed by atoms with Crippen molar-refractivity contribution >= 4 is 5.91 Å². The Morgan fingerprint density at radius 2 is 2.17 bits per heavy atom. The van der Waals surface area contributed by atoms with E-state index in [0.29, 0.717) is 29.6 Å². The molecule has 3 heterocycles. The summed E-state index contributed by atoms with van der Waals surface area (Å²) in [6, 6.07) is 0.376. The molecule has 0 spiro atoms. The average molecular weight is 316 g/mol. The molecular weight excluding hydrogens is 292 g/mol. The molecule has 0 saturated carbocycles. The lowest BCUT2D eigenvalue weighted by Crippen LogP contribution is -2.40. The van der Waals surface area contributed by atoms with Crippen LogP contribution in [0.3, 0.4) is 0 Å². The number of likely N-dealkylation sites (tertiary alicyclic amines) is 1. The average Bonchev–Trinajstić information content (AvgIpc) is 3.14. The highest BCUT2D eigenvalue weighted by Gasteiger charge is 2.30. The quantitative estimate of drug-likeness (QED) is 0.873. The molecule has 2 aromatic rings. The van der Waals surface area contributed by atoms with Gasteiger partial charge < -0.3 is 14.0 Å². The summed E-state index contributed by atoms with van der Waals surface area (Å²) in [5, 5.41) is 3.90. The van der Waals surface area contributed by atoms with E-state index in [-0.39, 0.29) is 11.8 Å². The number of piperidine rings is 1. The molecule has 2 aromatic heterocycles. The Labute approximate surface area is 136 Å². The van der Waals surface area contributed by atoms with Crippen molar-refractivity contribution < 1.29 is 9.32 Å². The highest BCUT2D eigenvalue weighted by molar-refractivity contribution is 5.96. The fourth-order valence-corrected chi connectivity index (χ4v) is 3.40. The van der Waals surface area contributed by atoms with Crippen molar-refractivity contribution in [3.8, 4) is 0 Å². The van der Waals surface area contributed by atoms with Crippen LogP contribution in [0.15, 0.2) is 16.9 Å². The van der Waals surface area contributed by atoms with Gasteiger partial charge in [-0.25, -0.2) is 4.98 Å². The van der Waals surface area contributed by atoms with Gasteiger partial charge in [0.2, 0.25) is 0 Å². The minimum Gasteiger partial charge on any atom is -0.361 e. The number of carbonyl (C=O) groups excluding carboxylic acids is 1. The maximum absolute atomic E-state index is 12.8. The van der Waals surface area contributed by atoms with Crippen molar-refractivity contribution in [1.82, 2.24) is 19.6 Å². The molecule has 23 heavy (non-hydrogen) atoms. The Balaban J connectivity index is 1.81. The van der Waals surface area contributed by atoms with Crippen molar-refractivity contribution in [3.63, 3.8) is 0 Å². The van der Waals surface area contributed by atoms with Crippen molar-refractivity contribution in [2.24, 2.45) is 0 Å². The second-order valence-electron chi connectivity index (χ2n) is 6.58. The number of aromatic nitrogens is 3. The highest BCUT2D eigenvalue weighted by Crippen LogP contribution is 2.29. The molecule has 0 radical (unpaired) electrons. The van der Waals surface area contributed by atoms with Gasteiger partial charge in [0, 0.05) is 37.4 Å². The van der Waals surface area contributed by atoms with E-state index < -0.39 is 0 Å². The van der Waals surface area contributed by atoms with Gasteiger partial charge in [-0.2, -0.15) is 0 Å². The molecule has 0 N–H and O–H groups in total. The Kier molecular flexibility index (Phi) is 4.24. The molecule has 1 aliphatic heterocycles. The zero-order valence-electron chi connectivity index (χ0n) is 14.2. The van der Waals surface area contributed by atoms with Gasteiger partial charge in [0.15, 0.2) is 0 Å². The second kappa shape index (κ2) is 6.18. The van der Waals surface area contributed by atoms with Crippen molar-refractivity contribution in [1.29, 1.82) is 0 Å². The molecule has 0 aliphatic carbocycles. The number of hydrogen-bond donors (Lipinski definition) is 0. The van der Waals surface area contributed by atoms with Gasteiger partial charge in [-0.1, -0.05) is 5.16 Å². The van der Waals surface area contributed by atoms with Crippen molar-refractivity contribution in [3.05, 3.63) is 35.2 Å². The number of aryl methyl sites for hydroxylation is 2. The van der Waals surface area contributed by atoms with Crippen LogP contribution in [0, 0.1) is 13.8 Å². The topological polar surface area (TPSA) is 64.2 Å². The summed E-state index contributed by atoms with van der Waals surface area (Å²) in [6.07, 6.45) is 5.93. The Bertz CT molecular complexity index is 682. The van der Waals surface area contributed by atoms with E-state index in [1.54, 1.807) is 6.92 Å². The van der Waals surface area contributed by atoms with Gasteiger partial charge in [0.25, 0.3) is 5.91 Å². The van der Waals surface area contributed by atoms with Crippen LogP contribution < -0.4 is 0 Å². The third-order valence-electron chi connectivity index (χ3n) is 4.58. The van der Waals surface area contributed by atoms with Crippen LogP contribution in [0.1, 0.15) is 66.3 Å². The van der Waals surface area contributed by atoms with Gasteiger partial charge in [-0.15, -0.1) is 0 Å². The third-order valence-corrected chi connectivity index (χ3v) is 4.58. The molecule has 1 fully saturated rings. The summed E-state index contributed by atoms with van der Waals surface area (Å²) in [7, 11) is 0. The van der Waals surface area contributed by atoms with E-state index >= 15 is 0 Å². The van der Waals surface area contributed by atoms with Crippen LogP contribution in [0.2, 0.25) is 0 Å². The van der Waals surface area contributed by atoms with Crippen LogP contribution in [-0.4, -0.2) is 38.6 Å². The smallest absolute Gasteiger partial charge is 0.259 e. The number of hydrogen-bond acceptors (Lipinski definition) is 4. The Morgan fingerprint density at radius 1 is 1.39 bits per heavy atom. The van der Waals surface area contributed by atoms with E-state index in [2.05, 4.69) is 28.6 Å². The molecule has 1 saturated heterocycles. The first kappa shape index (κ1) is 15.8. The monoisotopic (exact) mass is 316 g/mol. The van der Waals surface area contributed by atoms with Gasteiger partial charge in [0.05, 0.1) is 5.69 Å². The Morgan fingerprint density at radius 3 is 2.83 bits per heavy atom. The van der Waals surface area contributed by atoms with Crippen LogP contribution >= 0.6 is 0 Å². The van der Waals surface area contributed by atoms with Crippen LogP contribution in [-0.2, 0) is 0 Å². The Hall–Kier alpha value is -2.11. The van der Waals surface area contributed by atoms with Crippen molar-refractivity contribution in [2.75, 3.05) is 13.1 Å². The first-order chi connectivity index (χ1) is 11.0. The van der Waals surface area contributed by atoms with Crippen LogP contribution in [0.25, 0.3) is 0 Å². The van der Waals surface area contributed by atoms with E-state index in [9.17, 15) is 4.79 Å². The fraction of sp³-hybridized carbons (Fsp3) is 0.588. The first-order valence-electron chi connectivity index (χ1n) is 8.24. The summed E-state index contributed by atoms with van der Waals surface area (Å²) in [5.41, 5.74) is 1.27. The molecule has 1 aliphatic rings. The van der Waals surface area contributed by atoms with E-state index in [4.69, 9.17) is 4.52 Å². The molecular formula is C17H24N4O2. The molecule has 6 heteroatoms. The second-order valence-corrected chi connectivity index (χ2v) is 6.58. The molecule has 3 rings (SSSR count). The summed E-state index contributed by atoms with van der Waals surface area (Å²) in [6.45, 7) is 9.40. The van der Waals surface area contributed by atoms with Crippen molar-refractivity contribution in [2.45, 2.75) is 52.5 Å². The fourth-order valence-electron chi connectivity index (χ4n) is 3.40. The third kappa shape index (κ3) is 2.90. The predicted molar refractivity (Wildman–Crippen MR) is 86.5 cm³/mol. The number of rotatable bonds is 3. The minimum absolute atomic E-state index is 0.0219. The van der Waals surface area contributed by atoms with Gasteiger partial charge >= 0.3 is 0 Å². The number of amides is 1. The number of imidazole rings is 1. The lowest BCUT2D eigenvalue weighted by atomic mass is 9.96. The molecule has 6 nitrogen and oxygen atoms in total. The van der Waals surface area contributed by atoms with E-state index in [1.165, 1.54) is 0 Å². The predicted octanol–water partition coefficient (Wildman–Crippen LogP) is 3.09. The standard InChI is InChI=1S/C17H24N4O2/c1-11(2)21-9-7-18-16(21)14-6-5-8-20(10-14)17(22)15-12(3)19-23-13(15)4/h7,9,11,14H,5-6,8,10H2,1-4H3/t14-/m0/s1. The minimum atomic E-state index is 0.0219. The van der Waals surface area contributed by atoms with Gasteiger partial charge in [-0.3, -0.25) is 4.79 Å². The lowest BCUT2D eigenvalue weighted by Gasteiger charge is -2.33. The summed E-state index contributed by atoms with van der Waals surface area (Å²) >= 11 is 0. The summed E-state index contributed by atoms with van der Waals surface area (Å²) in [5.74, 6) is 1.98. The van der Waals surface area contributed by atoms with E-state index in [1.807, 2.05) is 24.2 Å². The van der Waals surface area contributed by atoms with Gasteiger partial charge in [0.1, 0.15) is 17.1 Å². The largest absolute Gasteiger partial charge is 0.361 e. The maximum Gasteiger partial charge on any atom is 0.259 e. The SMILES string of the molecule is Cc1noc(C)c1C(=O)N1CCC[C@H](c2nccn2C(C)C)C1. The zero-order chi connectivity index (χ0) is 16.6.